The van der Waals surface area contributed by atoms with Crippen LogP contribution >= 0.6 is 0 Å². The predicted molar refractivity (Wildman–Crippen MR) is 51.4 cm³/mol. The van der Waals surface area contributed by atoms with Gasteiger partial charge in [-0.15, -0.1) is 0 Å². The van der Waals surface area contributed by atoms with E-state index in [1.54, 1.807) is 6.20 Å². The van der Waals surface area contributed by atoms with Crippen LogP contribution in [0.3, 0.4) is 0 Å². The molecule has 0 heterocycles. The minimum Gasteiger partial charge on any atom is -0.391 e. The van der Waals surface area contributed by atoms with E-state index in [0.29, 0.717) is 5.92 Å². The zero-order chi connectivity index (χ0) is 8.69. The van der Waals surface area contributed by atoms with Crippen molar-refractivity contribution >= 4 is 0 Å². The first kappa shape index (κ1) is 10.3. The van der Waals surface area contributed by atoms with E-state index in [4.69, 9.17) is 0 Å². The van der Waals surface area contributed by atoms with E-state index in [9.17, 15) is 0 Å². The predicted octanol–water partition coefficient (Wildman–Crippen LogP) is 2.71. The highest BCUT2D eigenvalue weighted by Crippen LogP contribution is 2.13. The molecular formula is C10H19N. The summed E-state index contributed by atoms with van der Waals surface area (Å²) in [5, 5.41) is 3.12. The van der Waals surface area contributed by atoms with Gasteiger partial charge in [0.05, 0.1) is 0 Å². The lowest BCUT2D eigenvalue weighted by Gasteiger charge is -2.15. The van der Waals surface area contributed by atoms with Crippen LogP contribution in [-0.4, -0.2) is 6.54 Å². The summed E-state index contributed by atoms with van der Waals surface area (Å²) in [6.07, 6.45) is 4.18. The number of rotatable bonds is 6. The molecule has 11 heavy (non-hydrogen) atoms. The Balaban J connectivity index is 3.68. The monoisotopic (exact) mass is 153 g/mol. The van der Waals surface area contributed by atoms with Gasteiger partial charge in [0.15, 0.2) is 0 Å². The van der Waals surface area contributed by atoms with Gasteiger partial charge in [-0.2, -0.15) is 0 Å². The Kier molecular flexibility index (Phi) is 5.63. The average Bonchev–Trinajstić information content (AvgIpc) is 1.97. The van der Waals surface area contributed by atoms with Crippen LogP contribution in [0, 0.1) is 5.92 Å². The zero-order valence-corrected chi connectivity index (χ0v) is 7.69. The van der Waals surface area contributed by atoms with Crippen molar-refractivity contribution in [2.24, 2.45) is 5.92 Å². The van der Waals surface area contributed by atoms with Gasteiger partial charge in [-0.1, -0.05) is 32.1 Å². The van der Waals surface area contributed by atoms with E-state index in [1.165, 1.54) is 18.4 Å². The average molecular weight is 153 g/mol. The molecule has 0 radical (unpaired) electrons. The molecule has 0 fully saturated rings. The van der Waals surface area contributed by atoms with Crippen LogP contribution in [0.15, 0.2) is 24.9 Å². The molecular weight excluding hydrogens is 134 g/mol. The quantitative estimate of drug-likeness (QED) is 0.578. The van der Waals surface area contributed by atoms with Crippen LogP contribution in [0.4, 0.5) is 0 Å². The summed E-state index contributed by atoms with van der Waals surface area (Å²) in [5.41, 5.74) is 1.27. The topological polar surface area (TPSA) is 12.0 Å². The Hall–Kier alpha value is -0.720. The SMILES string of the molecule is C=CNCC(CCC)C(=C)C. The Morgan fingerprint density at radius 3 is 2.64 bits per heavy atom. The van der Waals surface area contributed by atoms with Crippen LogP contribution in [0.2, 0.25) is 0 Å². The fraction of sp³-hybridized carbons (Fsp3) is 0.600. The largest absolute Gasteiger partial charge is 0.391 e. The van der Waals surface area contributed by atoms with Crippen LogP contribution in [0.25, 0.3) is 0 Å². The maximum absolute atomic E-state index is 3.95. The third kappa shape index (κ3) is 4.65. The highest BCUT2D eigenvalue weighted by Gasteiger charge is 2.05. The number of hydrogen-bond acceptors (Lipinski definition) is 1. The molecule has 1 N–H and O–H groups in total. The zero-order valence-electron chi connectivity index (χ0n) is 7.69. The molecule has 1 nitrogen and oxygen atoms in total. The molecule has 1 heteroatoms. The minimum absolute atomic E-state index is 0.609. The van der Waals surface area contributed by atoms with Crippen molar-refractivity contribution in [2.45, 2.75) is 26.7 Å². The molecule has 0 bridgehead atoms. The molecule has 0 saturated carbocycles. The van der Waals surface area contributed by atoms with Crippen LogP contribution in [-0.2, 0) is 0 Å². The lowest BCUT2D eigenvalue weighted by Crippen LogP contribution is -2.18. The van der Waals surface area contributed by atoms with Gasteiger partial charge in [0.1, 0.15) is 0 Å². The van der Waals surface area contributed by atoms with Crippen molar-refractivity contribution in [1.82, 2.24) is 5.32 Å². The van der Waals surface area contributed by atoms with Gasteiger partial charge < -0.3 is 5.32 Å². The number of hydrogen-bond donors (Lipinski definition) is 1. The Labute approximate surface area is 70.2 Å². The van der Waals surface area contributed by atoms with E-state index >= 15 is 0 Å². The normalized spacial score (nSPS) is 12.2. The summed E-state index contributed by atoms with van der Waals surface area (Å²) in [4.78, 5) is 0. The van der Waals surface area contributed by atoms with Crippen molar-refractivity contribution in [3.63, 3.8) is 0 Å². The van der Waals surface area contributed by atoms with Gasteiger partial charge in [0.25, 0.3) is 0 Å². The summed E-state index contributed by atoms with van der Waals surface area (Å²) in [7, 11) is 0. The molecule has 0 amide bonds. The van der Waals surface area contributed by atoms with Gasteiger partial charge in [-0.05, 0) is 25.5 Å². The lowest BCUT2D eigenvalue weighted by atomic mass is 9.97. The smallest absolute Gasteiger partial charge is 0.0206 e. The van der Waals surface area contributed by atoms with E-state index < -0.39 is 0 Å². The molecule has 0 aliphatic heterocycles. The first-order valence-corrected chi connectivity index (χ1v) is 4.22. The fourth-order valence-electron chi connectivity index (χ4n) is 1.10. The third-order valence-electron chi connectivity index (χ3n) is 1.84. The summed E-state index contributed by atoms with van der Waals surface area (Å²) < 4.78 is 0. The molecule has 0 aromatic carbocycles. The second-order valence-electron chi connectivity index (χ2n) is 2.94. The summed E-state index contributed by atoms with van der Waals surface area (Å²) >= 11 is 0. The fourth-order valence-corrected chi connectivity index (χ4v) is 1.10. The highest BCUT2D eigenvalue weighted by molar-refractivity contribution is 4.97. The van der Waals surface area contributed by atoms with Gasteiger partial charge in [0, 0.05) is 6.54 Å². The van der Waals surface area contributed by atoms with Gasteiger partial charge in [-0.3, -0.25) is 0 Å². The Morgan fingerprint density at radius 1 is 1.64 bits per heavy atom. The molecule has 0 aliphatic carbocycles. The Bertz CT molecular complexity index is 127. The van der Waals surface area contributed by atoms with Gasteiger partial charge >= 0.3 is 0 Å². The molecule has 1 atom stereocenters. The van der Waals surface area contributed by atoms with Crippen molar-refractivity contribution in [3.05, 3.63) is 24.9 Å². The molecule has 0 saturated heterocycles. The molecule has 1 unspecified atom stereocenters. The maximum atomic E-state index is 3.95. The maximum Gasteiger partial charge on any atom is 0.0206 e. The molecule has 0 aromatic heterocycles. The van der Waals surface area contributed by atoms with Crippen molar-refractivity contribution in [2.75, 3.05) is 6.54 Å². The molecule has 0 aromatic rings. The van der Waals surface area contributed by atoms with Crippen LogP contribution in [0.1, 0.15) is 26.7 Å². The van der Waals surface area contributed by atoms with Crippen LogP contribution < -0.4 is 5.32 Å². The van der Waals surface area contributed by atoms with Gasteiger partial charge in [0.2, 0.25) is 0 Å². The third-order valence-corrected chi connectivity index (χ3v) is 1.84. The molecule has 64 valence electrons. The first-order valence-electron chi connectivity index (χ1n) is 4.22. The highest BCUT2D eigenvalue weighted by atomic mass is 14.8. The van der Waals surface area contributed by atoms with Gasteiger partial charge in [-0.25, -0.2) is 0 Å². The summed E-state index contributed by atoms with van der Waals surface area (Å²) in [6.45, 7) is 12.8. The van der Waals surface area contributed by atoms with Crippen molar-refractivity contribution in [1.29, 1.82) is 0 Å². The summed E-state index contributed by atoms with van der Waals surface area (Å²) in [5.74, 6) is 0.609. The van der Waals surface area contributed by atoms with E-state index in [2.05, 4.69) is 32.3 Å². The Morgan fingerprint density at radius 2 is 2.27 bits per heavy atom. The van der Waals surface area contributed by atoms with Crippen molar-refractivity contribution < 1.29 is 0 Å². The lowest BCUT2D eigenvalue weighted by molar-refractivity contribution is 0.532. The molecule has 0 rings (SSSR count). The minimum atomic E-state index is 0.609. The van der Waals surface area contributed by atoms with Crippen molar-refractivity contribution in [3.8, 4) is 0 Å². The van der Waals surface area contributed by atoms with E-state index in [1.807, 2.05) is 0 Å². The second kappa shape index (κ2) is 6.02. The van der Waals surface area contributed by atoms with E-state index in [-0.39, 0.29) is 0 Å². The molecule has 0 aliphatic rings. The second-order valence-corrected chi connectivity index (χ2v) is 2.94. The first-order chi connectivity index (χ1) is 5.22. The molecule has 0 spiro atoms. The van der Waals surface area contributed by atoms with Crippen LogP contribution in [0.5, 0.6) is 0 Å². The standard InChI is InChI=1S/C10H19N/c1-5-7-10(9(3)4)8-11-6-2/h6,10-11H,2-3,5,7-8H2,1,4H3. The number of nitrogens with one attached hydrogen (secondary N) is 1. The van der Waals surface area contributed by atoms with E-state index in [0.717, 1.165) is 6.54 Å². The summed E-state index contributed by atoms with van der Waals surface area (Å²) in [6, 6.07) is 0.